The summed E-state index contributed by atoms with van der Waals surface area (Å²) in [7, 11) is 5.06. The smallest absolute Gasteiger partial charge is 0.170 e. The minimum Gasteiger partial charge on any atom is -0.493 e. The predicted octanol–water partition coefficient (Wildman–Crippen LogP) is 2.51. The summed E-state index contributed by atoms with van der Waals surface area (Å²) in [4.78, 5) is 8.73. The van der Waals surface area contributed by atoms with Crippen molar-refractivity contribution < 1.29 is 9.47 Å². The van der Waals surface area contributed by atoms with Crippen LogP contribution in [0.4, 0.5) is 5.82 Å². The van der Waals surface area contributed by atoms with Crippen LogP contribution in [0.2, 0.25) is 0 Å². The van der Waals surface area contributed by atoms with E-state index in [1.54, 1.807) is 14.2 Å². The summed E-state index contributed by atoms with van der Waals surface area (Å²) in [5.74, 6) is 2.83. The van der Waals surface area contributed by atoms with Crippen LogP contribution in [0, 0.1) is 6.92 Å². The van der Waals surface area contributed by atoms with Gasteiger partial charge in [-0.05, 0) is 19.1 Å². The number of hydrogen-bond donors (Lipinski definition) is 1. The first kappa shape index (κ1) is 13.1. The number of anilines is 1. The number of aryl methyl sites for hydroxylation is 1. The highest BCUT2D eigenvalue weighted by Crippen LogP contribution is 2.37. The number of rotatable bonds is 4. The summed E-state index contributed by atoms with van der Waals surface area (Å²) < 4.78 is 10.7. The lowest BCUT2D eigenvalue weighted by Gasteiger charge is -2.13. The van der Waals surface area contributed by atoms with E-state index in [9.17, 15) is 0 Å². The zero-order valence-corrected chi connectivity index (χ0v) is 11.5. The standard InChI is InChI=1S/C14H17N3O2/c1-9-16-11(8-13(15-2)17-9)10-6-5-7-12(18-3)14(10)19-4/h5-8H,1-4H3,(H,15,16,17). The zero-order valence-electron chi connectivity index (χ0n) is 11.5. The van der Waals surface area contributed by atoms with Crippen LogP contribution < -0.4 is 14.8 Å². The monoisotopic (exact) mass is 259 g/mol. The molecule has 1 heterocycles. The fraction of sp³-hybridized carbons (Fsp3) is 0.286. The second-order valence-corrected chi connectivity index (χ2v) is 3.98. The second-order valence-electron chi connectivity index (χ2n) is 3.98. The number of nitrogens with one attached hydrogen (secondary N) is 1. The van der Waals surface area contributed by atoms with Crippen LogP contribution in [0.15, 0.2) is 24.3 Å². The minimum atomic E-state index is 0.671. The highest BCUT2D eigenvalue weighted by molar-refractivity contribution is 5.72. The van der Waals surface area contributed by atoms with Crippen LogP contribution in [-0.2, 0) is 0 Å². The Balaban J connectivity index is 2.61. The van der Waals surface area contributed by atoms with Gasteiger partial charge in [0.2, 0.25) is 0 Å². The topological polar surface area (TPSA) is 56.3 Å². The molecule has 2 aromatic rings. The fourth-order valence-electron chi connectivity index (χ4n) is 1.92. The Morgan fingerprint density at radius 2 is 1.89 bits per heavy atom. The molecule has 0 spiro atoms. The molecule has 0 fully saturated rings. The van der Waals surface area contributed by atoms with E-state index in [-0.39, 0.29) is 0 Å². The summed E-state index contributed by atoms with van der Waals surface area (Å²) in [6.45, 7) is 1.86. The van der Waals surface area contributed by atoms with Crippen LogP contribution in [0.3, 0.4) is 0 Å². The number of benzene rings is 1. The first-order valence-electron chi connectivity index (χ1n) is 5.94. The molecule has 2 rings (SSSR count). The van der Waals surface area contributed by atoms with Gasteiger partial charge >= 0.3 is 0 Å². The van der Waals surface area contributed by atoms with E-state index < -0.39 is 0 Å². The Hall–Kier alpha value is -2.30. The van der Waals surface area contributed by atoms with Gasteiger partial charge in [-0.3, -0.25) is 0 Å². The van der Waals surface area contributed by atoms with E-state index in [0.29, 0.717) is 17.3 Å². The molecule has 1 N–H and O–H groups in total. The van der Waals surface area contributed by atoms with Crippen molar-refractivity contribution >= 4 is 5.82 Å². The molecule has 0 radical (unpaired) electrons. The number of hydrogen-bond acceptors (Lipinski definition) is 5. The van der Waals surface area contributed by atoms with Gasteiger partial charge in [0.15, 0.2) is 11.5 Å². The third-order valence-corrected chi connectivity index (χ3v) is 2.77. The van der Waals surface area contributed by atoms with Crippen molar-refractivity contribution in [2.75, 3.05) is 26.6 Å². The van der Waals surface area contributed by atoms with Gasteiger partial charge in [0.1, 0.15) is 11.6 Å². The Labute approximate surface area is 112 Å². The van der Waals surface area contributed by atoms with E-state index in [1.165, 1.54) is 0 Å². The molecule has 100 valence electrons. The summed E-state index contributed by atoms with van der Waals surface area (Å²) >= 11 is 0. The largest absolute Gasteiger partial charge is 0.493 e. The molecule has 0 amide bonds. The third-order valence-electron chi connectivity index (χ3n) is 2.77. The quantitative estimate of drug-likeness (QED) is 0.914. The van der Waals surface area contributed by atoms with Gasteiger partial charge in [-0.25, -0.2) is 9.97 Å². The molecule has 5 nitrogen and oxygen atoms in total. The summed E-state index contributed by atoms with van der Waals surface area (Å²) in [5, 5.41) is 3.02. The van der Waals surface area contributed by atoms with Crippen molar-refractivity contribution in [2.24, 2.45) is 0 Å². The molecular formula is C14H17N3O2. The number of ether oxygens (including phenoxy) is 2. The van der Waals surface area contributed by atoms with Gasteiger partial charge in [0.25, 0.3) is 0 Å². The Morgan fingerprint density at radius 3 is 2.53 bits per heavy atom. The summed E-state index contributed by atoms with van der Waals surface area (Å²) in [5.41, 5.74) is 1.68. The van der Waals surface area contributed by atoms with Crippen molar-refractivity contribution in [3.8, 4) is 22.8 Å². The first-order chi connectivity index (χ1) is 9.19. The molecular weight excluding hydrogens is 242 g/mol. The molecule has 19 heavy (non-hydrogen) atoms. The third kappa shape index (κ3) is 2.59. The van der Waals surface area contributed by atoms with Crippen LogP contribution in [0.5, 0.6) is 11.5 Å². The van der Waals surface area contributed by atoms with Gasteiger partial charge in [0.05, 0.1) is 19.9 Å². The van der Waals surface area contributed by atoms with Crippen LogP contribution >= 0.6 is 0 Å². The molecule has 0 aliphatic carbocycles. The maximum atomic E-state index is 5.43. The molecule has 0 aliphatic rings. The normalized spacial score (nSPS) is 10.1. The van der Waals surface area contributed by atoms with Crippen molar-refractivity contribution in [1.29, 1.82) is 0 Å². The van der Waals surface area contributed by atoms with E-state index >= 15 is 0 Å². The van der Waals surface area contributed by atoms with Crippen molar-refractivity contribution in [2.45, 2.75) is 6.92 Å². The maximum Gasteiger partial charge on any atom is 0.170 e. The van der Waals surface area contributed by atoms with E-state index in [1.807, 2.05) is 38.2 Å². The number of methoxy groups -OCH3 is 2. The van der Waals surface area contributed by atoms with E-state index in [4.69, 9.17) is 9.47 Å². The van der Waals surface area contributed by atoms with Gasteiger partial charge in [-0.1, -0.05) is 6.07 Å². The summed E-state index contributed by atoms with van der Waals surface area (Å²) in [6, 6.07) is 7.59. The van der Waals surface area contributed by atoms with E-state index in [2.05, 4.69) is 15.3 Å². The van der Waals surface area contributed by atoms with Gasteiger partial charge < -0.3 is 14.8 Å². The molecule has 0 bridgehead atoms. The zero-order chi connectivity index (χ0) is 13.8. The Morgan fingerprint density at radius 1 is 1.11 bits per heavy atom. The van der Waals surface area contributed by atoms with E-state index in [0.717, 1.165) is 17.1 Å². The molecule has 0 atom stereocenters. The molecule has 1 aromatic carbocycles. The van der Waals surface area contributed by atoms with Gasteiger partial charge in [-0.2, -0.15) is 0 Å². The molecule has 0 unspecified atom stereocenters. The average Bonchev–Trinajstić information content (AvgIpc) is 2.45. The van der Waals surface area contributed by atoms with Gasteiger partial charge in [0, 0.05) is 18.7 Å². The van der Waals surface area contributed by atoms with Crippen LogP contribution in [-0.4, -0.2) is 31.2 Å². The second kappa shape index (κ2) is 5.56. The minimum absolute atomic E-state index is 0.671. The number of aromatic nitrogens is 2. The maximum absolute atomic E-state index is 5.43. The Bertz CT molecular complexity index is 585. The molecule has 1 aromatic heterocycles. The Kier molecular flexibility index (Phi) is 3.85. The van der Waals surface area contributed by atoms with Gasteiger partial charge in [-0.15, -0.1) is 0 Å². The highest BCUT2D eigenvalue weighted by Gasteiger charge is 2.13. The van der Waals surface area contributed by atoms with Crippen molar-refractivity contribution in [3.05, 3.63) is 30.1 Å². The SMILES string of the molecule is CNc1cc(-c2cccc(OC)c2OC)nc(C)n1. The molecule has 0 saturated carbocycles. The fourth-order valence-corrected chi connectivity index (χ4v) is 1.92. The highest BCUT2D eigenvalue weighted by atomic mass is 16.5. The molecule has 0 saturated heterocycles. The molecule has 5 heteroatoms. The van der Waals surface area contributed by atoms with Crippen molar-refractivity contribution in [1.82, 2.24) is 9.97 Å². The first-order valence-corrected chi connectivity index (χ1v) is 5.94. The lowest BCUT2D eigenvalue weighted by atomic mass is 10.1. The summed E-state index contributed by atoms with van der Waals surface area (Å²) in [6.07, 6.45) is 0. The van der Waals surface area contributed by atoms with Crippen LogP contribution in [0.1, 0.15) is 5.82 Å². The van der Waals surface area contributed by atoms with Crippen LogP contribution in [0.25, 0.3) is 11.3 Å². The van der Waals surface area contributed by atoms with Crippen molar-refractivity contribution in [3.63, 3.8) is 0 Å². The number of nitrogens with zero attached hydrogens (tertiary/aromatic N) is 2. The average molecular weight is 259 g/mol. The lowest BCUT2D eigenvalue weighted by molar-refractivity contribution is 0.356. The predicted molar refractivity (Wildman–Crippen MR) is 74.9 cm³/mol. The molecule has 0 aliphatic heterocycles. The number of para-hydroxylation sites is 1. The lowest BCUT2D eigenvalue weighted by Crippen LogP contribution is -2.00.